The Hall–Kier alpha value is -1.51. The van der Waals surface area contributed by atoms with E-state index in [9.17, 15) is 4.79 Å². The van der Waals surface area contributed by atoms with Crippen LogP contribution in [0.1, 0.15) is 79.6 Å². The second-order valence-electron chi connectivity index (χ2n) is 6.83. The third-order valence-corrected chi connectivity index (χ3v) is 4.72. The number of amides is 1. The second kappa shape index (κ2) is 11.1. The summed E-state index contributed by atoms with van der Waals surface area (Å²) in [6, 6.07) is 9.00. The zero-order valence-corrected chi connectivity index (χ0v) is 16.3. The van der Waals surface area contributed by atoms with E-state index in [4.69, 9.17) is 0 Å². The second-order valence-corrected chi connectivity index (χ2v) is 6.83. The van der Waals surface area contributed by atoms with Crippen LogP contribution in [0.3, 0.4) is 0 Å². The quantitative estimate of drug-likeness (QED) is 0.504. The maximum atomic E-state index is 12.7. The van der Waals surface area contributed by atoms with Gasteiger partial charge in [-0.15, -0.1) is 0 Å². The third-order valence-electron chi connectivity index (χ3n) is 4.72. The molecule has 1 rings (SSSR count). The van der Waals surface area contributed by atoms with Crippen molar-refractivity contribution in [3.05, 3.63) is 24.3 Å². The molecule has 0 radical (unpaired) electrons. The van der Waals surface area contributed by atoms with Crippen molar-refractivity contribution in [2.75, 3.05) is 10.2 Å². The predicted octanol–water partition coefficient (Wildman–Crippen LogP) is 6.00. The van der Waals surface area contributed by atoms with E-state index in [-0.39, 0.29) is 11.9 Å². The number of hydrogen-bond donors (Lipinski definition) is 1. The van der Waals surface area contributed by atoms with Gasteiger partial charge >= 0.3 is 0 Å². The summed E-state index contributed by atoms with van der Waals surface area (Å²) in [6.45, 7) is 10.8. The van der Waals surface area contributed by atoms with Crippen LogP contribution in [0.4, 0.5) is 11.4 Å². The summed E-state index contributed by atoms with van der Waals surface area (Å²) in [4.78, 5) is 14.7. The highest BCUT2D eigenvalue weighted by Crippen LogP contribution is 2.23. The Morgan fingerprint density at radius 3 is 2.21 bits per heavy atom. The summed E-state index contributed by atoms with van der Waals surface area (Å²) < 4.78 is 0. The fourth-order valence-corrected chi connectivity index (χ4v) is 2.76. The van der Waals surface area contributed by atoms with Crippen LogP contribution in [-0.4, -0.2) is 18.0 Å². The van der Waals surface area contributed by atoms with Crippen molar-refractivity contribution in [3.8, 4) is 0 Å². The maximum Gasteiger partial charge on any atom is 0.227 e. The van der Waals surface area contributed by atoms with E-state index in [0.29, 0.717) is 12.5 Å². The lowest BCUT2D eigenvalue weighted by Crippen LogP contribution is -2.38. The van der Waals surface area contributed by atoms with E-state index in [0.717, 1.165) is 37.1 Å². The number of nitrogens with zero attached hydrogens (tertiary/aromatic N) is 1. The molecule has 3 heteroatoms. The first-order valence-corrected chi connectivity index (χ1v) is 9.72. The number of hydrogen-bond acceptors (Lipinski definition) is 2. The lowest BCUT2D eigenvalue weighted by Gasteiger charge is -2.29. The van der Waals surface area contributed by atoms with Gasteiger partial charge in [-0.05, 0) is 57.4 Å². The molecule has 0 aliphatic carbocycles. The average molecular weight is 333 g/mol. The SMILES string of the molecule is CCCCCCC(=O)N(c1ccc(NC(C)CC)cc1)C(C)CC. The summed E-state index contributed by atoms with van der Waals surface area (Å²) in [5.41, 5.74) is 2.13. The molecular weight excluding hydrogens is 296 g/mol. The summed E-state index contributed by atoms with van der Waals surface area (Å²) in [6.07, 6.45) is 7.27. The number of carbonyl (C=O) groups excluding carboxylic acids is 1. The fourth-order valence-electron chi connectivity index (χ4n) is 2.76. The smallest absolute Gasteiger partial charge is 0.227 e. The molecule has 0 heterocycles. The lowest BCUT2D eigenvalue weighted by atomic mass is 10.1. The van der Waals surface area contributed by atoms with Gasteiger partial charge in [-0.2, -0.15) is 0 Å². The third kappa shape index (κ3) is 6.54. The van der Waals surface area contributed by atoms with Crippen LogP contribution < -0.4 is 10.2 Å². The molecule has 1 aromatic rings. The number of benzene rings is 1. The van der Waals surface area contributed by atoms with Crippen molar-refractivity contribution < 1.29 is 4.79 Å². The molecule has 3 nitrogen and oxygen atoms in total. The first kappa shape index (κ1) is 20.5. The van der Waals surface area contributed by atoms with Crippen LogP contribution in [0, 0.1) is 0 Å². The highest BCUT2D eigenvalue weighted by atomic mass is 16.2. The van der Waals surface area contributed by atoms with Crippen molar-refractivity contribution in [2.45, 2.75) is 91.6 Å². The van der Waals surface area contributed by atoms with Crippen molar-refractivity contribution in [1.29, 1.82) is 0 Å². The number of unbranched alkanes of at least 4 members (excludes halogenated alkanes) is 3. The molecule has 1 N–H and O–H groups in total. The average Bonchev–Trinajstić information content (AvgIpc) is 2.60. The maximum absolute atomic E-state index is 12.7. The van der Waals surface area contributed by atoms with E-state index >= 15 is 0 Å². The van der Waals surface area contributed by atoms with Gasteiger partial charge in [0, 0.05) is 29.9 Å². The Morgan fingerprint density at radius 2 is 1.67 bits per heavy atom. The normalized spacial score (nSPS) is 13.4. The molecule has 0 bridgehead atoms. The zero-order valence-electron chi connectivity index (χ0n) is 16.3. The Balaban J connectivity index is 2.78. The van der Waals surface area contributed by atoms with Gasteiger partial charge in [-0.1, -0.05) is 40.0 Å². The van der Waals surface area contributed by atoms with Gasteiger partial charge in [0.15, 0.2) is 0 Å². The Kier molecular flexibility index (Phi) is 9.51. The molecule has 2 atom stereocenters. The molecular formula is C21H36N2O. The minimum Gasteiger partial charge on any atom is -0.383 e. The molecule has 0 fully saturated rings. The number of carbonyl (C=O) groups is 1. The summed E-state index contributed by atoms with van der Waals surface area (Å²) in [5.74, 6) is 0.253. The molecule has 0 aromatic heterocycles. The van der Waals surface area contributed by atoms with E-state index in [1.54, 1.807) is 0 Å². The van der Waals surface area contributed by atoms with E-state index in [2.05, 4.69) is 64.2 Å². The molecule has 1 amide bonds. The monoisotopic (exact) mass is 332 g/mol. The summed E-state index contributed by atoms with van der Waals surface area (Å²) >= 11 is 0. The molecule has 0 spiro atoms. The molecule has 1 aromatic carbocycles. The van der Waals surface area contributed by atoms with Gasteiger partial charge in [0.05, 0.1) is 0 Å². The Morgan fingerprint density at radius 1 is 1.00 bits per heavy atom. The van der Waals surface area contributed by atoms with Gasteiger partial charge in [0.1, 0.15) is 0 Å². The van der Waals surface area contributed by atoms with Gasteiger partial charge in [-0.3, -0.25) is 4.79 Å². The van der Waals surface area contributed by atoms with E-state index in [1.807, 2.05) is 4.90 Å². The number of nitrogens with one attached hydrogen (secondary N) is 1. The highest BCUT2D eigenvalue weighted by molar-refractivity contribution is 5.94. The molecule has 0 saturated heterocycles. The van der Waals surface area contributed by atoms with E-state index in [1.165, 1.54) is 12.8 Å². The largest absolute Gasteiger partial charge is 0.383 e. The Bertz CT molecular complexity index is 469. The minimum atomic E-state index is 0.233. The van der Waals surface area contributed by atoms with E-state index < -0.39 is 0 Å². The minimum absolute atomic E-state index is 0.233. The van der Waals surface area contributed by atoms with Gasteiger partial charge in [0.25, 0.3) is 0 Å². The molecule has 0 saturated carbocycles. The van der Waals surface area contributed by atoms with Crippen molar-refractivity contribution in [1.82, 2.24) is 0 Å². The van der Waals surface area contributed by atoms with Crippen LogP contribution in [0.15, 0.2) is 24.3 Å². The van der Waals surface area contributed by atoms with Gasteiger partial charge in [0.2, 0.25) is 5.91 Å². The number of anilines is 2. The molecule has 136 valence electrons. The fraction of sp³-hybridized carbons (Fsp3) is 0.667. The van der Waals surface area contributed by atoms with Crippen LogP contribution in [0.2, 0.25) is 0 Å². The van der Waals surface area contributed by atoms with Crippen LogP contribution in [-0.2, 0) is 4.79 Å². The van der Waals surface area contributed by atoms with Crippen molar-refractivity contribution >= 4 is 17.3 Å². The highest BCUT2D eigenvalue weighted by Gasteiger charge is 2.20. The molecule has 0 aliphatic rings. The molecule has 2 unspecified atom stereocenters. The van der Waals surface area contributed by atoms with Crippen LogP contribution >= 0.6 is 0 Å². The molecule has 24 heavy (non-hydrogen) atoms. The molecule has 0 aliphatic heterocycles. The standard InChI is InChI=1S/C21H36N2O/c1-6-9-10-11-12-21(24)23(18(5)8-3)20-15-13-19(14-16-20)22-17(4)7-2/h13-18,22H,6-12H2,1-5H3. The van der Waals surface area contributed by atoms with Crippen LogP contribution in [0.5, 0.6) is 0 Å². The lowest BCUT2D eigenvalue weighted by molar-refractivity contribution is -0.119. The van der Waals surface area contributed by atoms with Crippen molar-refractivity contribution in [3.63, 3.8) is 0 Å². The van der Waals surface area contributed by atoms with Crippen molar-refractivity contribution in [2.24, 2.45) is 0 Å². The van der Waals surface area contributed by atoms with Gasteiger partial charge < -0.3 is 10.2 Å². The number of rotatable bonds is 11. The predicted molar refractivity (Wildman–Crippen MR) is 106 cm³/mol. The summed E-state index contributed by atoms with van der Waals surface area (Å²) in [5, 5.41) is 3.48. The van der Waals surface area contributed by atoms with Crippen LogP contribution in [0.25, 0.3) is 0 Å². The Labute approximate surface area is 148 Å². The first-order chi connectivity index (χ1) is 11.5. The topological polar surface area (TPSA) is 32.3 Å². The van der Waals surface area contributed by atoms with Gasteiger partial charge in [-0.25, -0.2) is 0 Å². The summed E-state index contributed by atoms with van der Waals surface area (Å²) in [7, 11) is 0. The zero-order chi connectivity index (χ0) is 17.9. The first-order valence-electron chi connectivity index (χ1n) is 9.72.